The summed E-state index contributed by atoms with van der Waals surface area (Å²) in [6.07, 6.45) is -0.000637. The van der Waals surface area contributed by atoms with E-state index >= 15 is 0 Å². The molecule has 18 nitrogen and oxygen atoms in total. The highest BCUT2D eigenvalue weighted by molar-refractivity contribution is 7.89. The number of fused-ring (bicyclic) bond motifs is 2. The van der Waals surface area contributed by atoms with Crippen LogP contribution in [0.25, 0.3) is 27.9 Å². The third kappa shape index (κ3) is 8.56. The Labute approximate surface area is 313 Å². The van der Waals surface area contributed by atoms with Crippen molar-refractivity contribution in [1.82, 2.24) is 29.5 Å². The largest absolute Gasteiger partial charge is 0.481 e. The summed E-state index contributed by atoms with van der Waals surface area (Å²) >= 11 is 0. The molecule has 282 valence electrons. The zero-order chi connectivity index (χ0) is 39.1. The Morgan fingerprint density at radius 1 is 1.05 bits per heavy atom. The molecule has 0 saturated heterocycles. The summed E-state index contributed by atoms with van der Waals surface area (Å²) in [6.45, 7) is 1.50. The van der Waals surface area contributed by atoms with Crippen molar-refractivity contribution in [2.75, 3.05) is 32.6 Å². The number of oxazole rings is 1. The highest BCUT2D eigenvalue weighted by atomic mass is 32.2. The van der Waals surface area contributed by atoms with Gasteiger partial charge in [0.1, 0.15) is 17.4 Å². The first-order valence-corrected chi connectivity index (χ1v) is 18.3. The smallest absolute Gasteiger partial charge is 0.327 e. The fraction of sp³-hybridized carbons (Fsp3) is 0.250. The number of hydrogen-bond donors (Lipinski definition) is 3. The molecule has 1 unspecified atom stereocenters. The number of hydrogen-bond acceptors (Lipinski definition) is 15. The Kier molecular flexibility index (Phi) is 11.4. The second-order valence-corrected chi connectivity index (χ2v) is 13.9. The van der Waals surface area contributed by atoms with Gasteiger partial charge in [-0.1, -0.05) is 61.5 Å². The molecule has 0 saturated carbocycles. The summed E-state index contributed by atoms with van der Waals surface area (Å²) in [5.74, 6) is -2.82. The second-order valence-electron chi connectivity index (χ2n) is 12.1. The Morgan fingerprint density at radius 2 is 1.82 bits per heavy atom. The molecule has 55 heavy (non-hydrogen) atoms. The number of carboxylic acids is 1. The molecule has 3 aromatic carbocycles. The number of azo groups is 1. The predicted octanol–water partition coefficient (Wildman–Crippen LogP) is 5.21. The normalized spacial score (nSPS) is 12.2. The maximum atomic E-state index is 13.5. The number of carbonyl (C=O) groups is 2. The Hall–Kier alpha value is -6.78. The molecule has 0 aliphatic rings. The third-order valence-electron chi connectivity index (χ3n) is 8.18. The zero-order valence-corrected chi connectivity index (χ0v) is 30.6. The van der Waals surface area contributed by atoms with Crippen LogP contribution in [-0.4, -0.2) is 77.5 Å². The van der Waals surface area contributed by atoms with Crippen LogP contribution in [0.5, 0.6) is 5.88 Å². The number of nitriles is 1. The summed E-state index contributed by atoms with van der Waals surface area (Å²) < 4.78 is 46.9. The number of nitrogens with one attached hydrogen (secondary N) is 2. The summed E-state index contributed by atoms with van der Waals surface area (Å²) in [7, 11) is -1.76. The number of benzene rings is 3. The van der Waals surface area contributed by atoms with E-state index in [0.717, 1.165) is 21.0 Å². The van der Waals surface area contributed by atoms with E-state index < -0.39 is 32.9 Å². The number of nitrogens with zero attached hydrogens (tertiary/aromatic N) is 8. The molecule has 3 N–H and O–H groups in total. The quantitative estimate of drug-likeness (QED) is 0.0495. The average Bonchev–Trinajstić information content (AvgIpc) is 3.77. The standard InChI is InChI=1S/C36H34N10O8S/c1-21(17-29(47)48)35(49)53-16-8-15-39-32-30(33(55(50,51)38-2)42-28(41-32)19-22-13-14-23-9-4-5-10-24(23)18-22)43-44-31-25(20-37)34(52-3)46(45-31)36-40-26-11-6-7-12-27(26)54-36/h4-7,9-14,18,21,38H,8,15-17,19H2,1-3H3,(H,47,48)(H,39,41,42). The van der Waals surface area contributed by atoms with E-state index in [0.29, 0.717) is 11.1 Å². The zero-order valence-electron chi connectivity index (χ0n) is 29.8. The van der Waals surface area contributed by atoms with E-state index in [1.54, 1.807) is 24.3 Å². The maximum Gasteiger partial charge on any atom is 0.327 e. The Bertz CT molecular complexity index is 2550. The van der Waals surface area contributed by atoms with Crippen molar-refractivity contribution < 1.29 is 37.0 Å². The van der Waals surface area contributed by atoms with Crippen LogP contribution in [-0.2, 0) is 30.8 Å². The van der Waals surface area contributed by atoms with Crippen LogP contribution >= 0.6 is 0 Å². The third-order valence-corrected chi connectivity index (χ3v) is 9.51. The number of aromatic nitrogens is 5. The van der Waals surface area contributed by atoms with E-state index in [-0.39, 0.29) is 73.0 Å². The molecule has 3 aromatic heterocycles. The molecule has 0 aliphatic heterocycles. The minimum absolute atomic E-state index is 0.0174. The first-order chi connectivity index (χ1) is 26.5. The van der Waals surface area contributed by atoms with Crippen molar-refractivity contribution in [3.63, 3.8) is 0 Å². The van der Waals surface area contributed by atoms with Crippen molar-refractivity contribution >= 4 is 61.2 Å². The van der Waals surface area contributed by atoms with E-state index in [1.807, 2.05) is 48.5 Å². The van der Waals surface area contributed by atoms with Crippen molar-refractivity contribution in [3.05, 3.63) is 83.7 Å². The van der Waals surface area contributed by atoms with Crippen LogP contribution in [0.3, 0.4) is 0 Å². The summed E-state index contributed by atoms with van der Waals surface area (Å²) in [5.41, 5.74) is 1.35. The first kappa shape index (κ1) is 38.0. The van der Waals surface area contributed by atoms with Gasteiger partial charge in [0.15, 0.2) is 22.7 Å². The molecular formula is C36H34N10O8S. The number of sulfonamides is 1. The van der Waals surface area contributed by atoms with E-state index in [4.69, 9.17) is 19.0 Å². The van der Waals surface area contributed by atoms with Crippen LogP contribution in [0.1, 0.15) is 36.7 Å². The monoisotopic (exact) mass is 766 g/mol. The van der Waals surface area contributed by atoms with Gasteiger partial charge in [0, 0.05) is 13.0 Å². The Balaban J connectivity index is 1.38. The Morgan fingerprint density at radius 3 is 2.55 bits per heavy atom. The lowest BCUT2D eigenvalue weighted by Gasteiger charge is -2.14. The number of carbonyl (C=O) groups excluding carboxylic acids is 1. The number of para-hydroxylation sites is 2. The molecule has 0 fully saturated rings. The molecule has 0 spiro atoms. The fourth-order valence-electron chi connectivity index (χ4n) is 5.45. The molecule has 19 heteroatoms. The second kappa shape index (κ2) is 16.5. The van der Waals surface area contributed by atoms with Crippen molar-refractivity contribution in [2.24, 2.45) is 16.1 Å². The maximum absolute atomic E-state index is 13.5. The molecule has 6 aromatic rings. The van der Waals surface area contributed by atoms with Crippen molar-refractivity contribution in [1.29, 1.82) is 5.26 Å². The predicted molar refractivity (Wildman–Crippen MR) is 197 cm³/mol. The summed E-state index contributed by atoms with van der Waals surface area (Å²) in [4.78, 5) is 36.7. The van der Waals surface area contributed by atoms with E-state index in [1.165, 1.54) is 21.1 Å². The lowest BCUT2D eigenvalue weighted by molar-refractivity contribution is -0.152. The number of methoxy groups -OCH3 is 1. The average molecular weight is 767 g/mol. The highest BCUT2D eigenvalue weighted by Gasteiger charge is 2.27. The molecule has 0 radical (unpaired) electrons. The van der Waals surface area contributed by atoms with Gasteiger partial charge in [-0.05, 0) is 41.9 Å². The van der Waals surface area contributed by atoms with Crippen LogP contribution in [0.4, 0.5) is 17.3 Å². The lowest BCUT2D eigenvalue weighted by atomic mass is 10.0. The number of esters is 1. The van der Waals surface area contributed by atoms with Gasteiger partial charge in [0.05, 0.1) is 26.1 Å². The SMILES string of the molecule is CNS(=O)(=O)c1nc(Cc2ccc3ccccc3c2)nc(NCCCOC(=O)C(C)CC(=O)O)c1N=Nc1nn(-c2nc3ccccc3o2)c(OC)c1C#N. The minimum atomic E-state index is -4.30. The minimum Gasteiger partial charge on any atom is -0.481 e. The molecule has 0 aliphatic carbocycles. The number of rotatable bonds is 16. The van der Waals surface area contributed by atoms with E-state index in [2.05, 4.69) is 40.3 Å². The molecule has 0 amide bonds. The van der Waals surface area contributed by atoms with Gasteiger partial charge in [-0.3, -0.25) is 9.59 Å². The molecular weight excluding hydrogens is 733 g/mol. The molecule has 0 bridgehead atoms. The summed E-state index contributed by atoms with van der Waals surface area (Å²) in [6, 6.07) is 22.5. The topological polar surface area (TPSA) is 249 Å². The van der Waals surface area contributed by atoms with Gasteiger partial charge in [-0.2, -0.15) is 10.2 Å². The summed E-state index contributed by atoms with van der Waals surface area (Å²) in [5, 5.41) is 36.4. The number of anilines is 1. The first-order valence-electron chi connectivity index (χ1n) is 16.8. The van der Waals surface area contributed by atoms with Gasteiger partial charge in [-0.15, -0.1) is 20.0 Å². The number of ether oxygens (including phenoxy) is 2. The molecule has 3 heterocycles. The van der Waals surface area contributed by atoms with E-state index in [9.17, 15) is 23.3 Å². The highest BCUT2D eigenvalue weighted by Crippen LogP contribution is 2.36. The fourth-order valence-corrected chi connectivity index (χ4v) is 6.26. The molecule has 6 rings (SSSR count). The van der Waals surface area contributed by atoms with Crippen LogP contribution in [0, 0.1) is 17.2 Å². The lowest BCUT2D eigenvalue weighted by Crippen LogP contribution is -2.22. The molecule has 1 atom stereocenters. The van der Waals surface area contributed by atoms with Crippen LogP contribution in [0.2, 0.25) is 0 Å². The van der Waals surface area contributed by atoms with Gasteiger partial charge in [-0.25, -0.2) is 23.1 Å². The number of carboxylic acid groups (broad SMARTS) is 1. The van der Waals surface area contributed by atoms with Gasteiger partial charge >= 0.3 is 18.0 Å². The van der Waals surface area contributed by atoms with Crippen molar-refractivity contribution in [2.45, 2.75) is 31.2 Å². The van der Waals surface area contributed by atoms with Crippen LogP contribution in [0.15, 0.2) is 86.4 Å². The van der Waals surface area contributed by atoms with Gasteiger partial charge in [0.2, 0.25) is 16.7 Å². The van der Waals surface area contributed by atoms with Crippen LogP contribution < -0.4 is 14.8 Å². The number of aliphatic carboxylic acids is 1. The van der Waals surface area contributed by atoms with Crippen molar-refractivity contribution in [3.8, 4) is 18.0 Å². The van der Waals surface area contributed by atoms with Gasteiger partial charge < -0.3 is 24.3 Å². The van der Waals surface area contributed by atoms with Gasteiger partial charge in [0.25, 0.3) is 10.0 Å².